The van der Waals surface area contributed by atoms with E-state index in [1.54, 1.807) is 0 Å². The lowest BCUT2D eigenvalue weighted by Crippen LogP contribution is -2.52. The Labute approximate surface area is 115 Å². The predicted molar refractivity (Wildman–Crippen MR) is 76.2 cm³/mol. The van der Waals surface area contributed by atoms with Crippen molar-refractivity contribution in [3.05, 3.63) is 35.4 Å². The molecule has 1 aromatic rings. The molecule has 0 fully saturated rings. The molecule has 1 aliphatic rings. The van der Waals surface area contributed by atoms with Crippen LogP contribution in [0.5, 0.6) is 0 Å². The van der Waals surface area contributed by atoms with Crippen molar-refractivity contribution in [2.75, 3.05) is 13.1 Å². The van der Waals surface area contributed by atoms with Gasteiger partial charge in [0.05, 0.1) is 0 Å². The molecule has 0 spiro atoms. The summed E-state index contributed by atoms with van der Waals surface area (Å²) in [6.07, 6.45) is 3.75. The second kappa shape index (κ2) is 5.74. The van der Waals surface area contributed by atoms with E-state index in [0.717, 1.165) is 37.9 Å². The maximum absolute atomic E-state index is 12.1. The fourth-order valence-corrected chi connectivity index (χ4v) is 3.42. The van der Waals surface area contributed by atoms with E-state index in [4.69, 9.17) is 0 Å². The largest absolute Gasteiger partial charge is 0.480 e. The second-order valence-corrected chi connectivity index (χ2v) is 5.20. The van der Waals surface area contributed by atoms with Crippen molar-refractivity contribution in [1.29, 1.82) is 0 Å². The molecule has 0 radical (unpaired) electrons. The molecule has 1 atom stereocenters. The van der Waals surface area contributed by atoms with E-state index in [9.17, 15) is 9.90 Å². The first-order valence-corrected chi connectivity index (χ1v) is 7.23. The van der Waals surface area contributed by atoms with Crippen LogP contribution in [0.2, 0.25) is 0 Å². The summed E-state index contributed by atoms with van der Waals surface area (Å²) in [5, 5.41) is 9.95. The first-order valence-electron chi connectivity index (χ1n) is 7.23. The van der Waals surface area contributed by atoms with Crippen molar-refractivity contribution >= 4 is 5.97 Å². The minimum atomic E-state index is -0.837. The van der Waals surface area contributed by atoms with Gasteiger partial charge in [-0.15, -0.1) is 0 Å². The third kappa shape index (κ3) is 2.27. The van der Waals surface area contributed by atoms with Gasteiger partial charge in [0.2, 0.25) is 0 Å². The van der Waals surface area contributed by atoms with E-state index in [-0.39, 0.29) is 0 Å². The molecule has 19 heavy (non-hydrogen) atoms. The lowest BCUT2D eigenvalue weighted by molar-refractivity contribution is -0.153. The lowest BCUT2D eigenvalue weighted by atomic mass is 9.82. The van der Waals surface area contributed by atoms with Gasteiger partial charge in [0.25, 0.3) is 0 Å². The van der Waals surface area contributed by atoms with Crippen LogP contribution in [-0.4, -0.2) is 29.1 Å². The summed E-state index contributed by atoms with van der Waals surface area (Å²) >= 11 is 0. The van der Waals surface area contributed by atoms with Gasteiger partial charge in [0, 0.05) is 0 Å². The zero-order valence-electron chi connectivity index (χ0n) is 11.9. The van der Waals surface area contributed by atoms with E-state index in [1.165, 1.54) is 5.56 Å². The Kier molecular flexibility index (Phi) is 4.25. The van der Waals surface area contributed by atoms with Crippen LogP contribution >= 0.6 is 0 Å². The maximum Gasteiger partial charge on any atom is 0.328 e. The molecule has 1 unspecified atom stereocenters. The number of nitrogens with zero attached hydrogens (tertiary/aromatic N) is 1. The fraction of sp³-hybridized carbons (Fsp3) is 0.562. The molecule has 3 nitrogen and oxygen atoms in total. The average molecular weight is 261 g/mol. The smallest absolute Gasteiger partial charge is 0.328 e. The molecular weight excluding hydrogens is 238 g/mol. The highest BCUT2D eigenvalue weighted by molar-refractivity contribution is 5.81. The fourth-order valence-electron chi connectivity index (χ4n) is 3.42. The van der Waals surface area contributed by atoms with Crippen LogP contribution in [0.4, 0.5) is 0 Å². The van der Waals surface area contributed by atoms with Crippen molar-refractivity contribution in [3.8, 4) is 0 Å². The highest BCUT2D eigenvalue weighted by Crippen LogP contribution is 2.39. The van der Waals surface area contributed by atoms with E-state index in [2.05, 4.69) is 11.0 Å². The minimum Gasteiger partial charge on any atom is -0.480 e. The van der Waals surface area contributed by atoms with Crippen molar-refractivity contribution in [3.63, 3.8) is 0 Å². The molecular formula is C16H23NO2. The Hall–Kier alpha value is -1.35. The predicted octanol–water partition coefficient (Wildman–Crippen LogP) is 3.03. The Morgan fingerprint density at radius 3 is 2.58 bits per heavy atom. The van der Waals surface area contributed by atoms with Crippen LogP contribution in [0.3, 0.4) is 0 Å². The molecule has 104 valence electrons. The Morgan fingerprint density at radius 2 is 1.95 bits per heavy atom. The molecule has 2 rings (SSSR count). The van der Waals surface area contributed by atoms with Gasteiger partial charge >= 0.3 is 5.97 Å². The molecule has 0 heterocycles. The lowest BCUT2D eigenvalue weighted by Gasteiger charge is -2.40. The third-order valence-corrected chi connectivity index (χ3v) is 4.35. The maximum atomic E-state index is 12.1. The van der Waals surface area contributed by atoms with Gasteiger partial charge in [-0.2, -0.15) is 0 Å². The summed E-state index contributed by atoms with van der Waals surface area (Å²) in [5.74, 6) is -0.703. The normalized spacial score (nSPS) is 22.9. The molecule has 1 aliphatic carbocycles. The van der Waals surface area contributed by atoms with Crippen LogP contribution in [-0.2, 0) is 16.8 Å². The standard InChI is InChI=1S/C16H23NO2/c1-3-17(4-2)16(15(18)19)12-8-7-10-13-9-5-6-11-14(13)16/h5-6,9,11H,3-4,7-8,10,12H2,1-2H3,(H,18,19). The first-order chi connectivity index (χ1) is 9.16. The van der Waals surface area contributed by atoms with Crippen molar-refractivity contribution in [2.45, 2.75) is 45.1 Å². The molecule has 0 bridgehead atoms. The van der Waals surface area contributed by atoms with Crippen LogP contribution < -0.4 is 0 Å². The van der Waals surface area contributed by atoms with Crippen LogP contribution in [0.1, 0.15) is 44.2 Å². The molecule has 0 saturated heterocycles. The number of rotatable bonds is 4. The number of benzene rings is 1. The van der Waals surface area contributed by atoms with Gasteiger partial charge in [0.15, 0.2) is 0 Å². The number of aliphatic carboxylic acids is 1. The molecule has 3 heteroatoms. The average Bonchev–Trinajstić information content (AvgIpc) is 2.61. The van der Waals surface area contributed by atoms with Crippen LogP contribution in [0.15, 0.2) is 24.3 Å². The quantitative estimate of drug-likeness (QED) is 0.847. The van der Waals surface area contributed by atoms with Crippen LogP contribution in [0.25, 0.3) is 0 Å². The molecule has 0 aromatic heterocycles. The summed E-state index contributed by atoms with van der Waals surface area (Å²) < 4.78 is 0. The van der Waals surface area contributed by atoms with E-state index < -0.39 is 11.5 Å². The summed E-state index contributed by atoms with van der Waals surface area (Å²) in [6, 6.07) is 8.07. The van der Waals surface area contributed by atoms with Crippen molar-refractivity contribution in [2.24, 2.45) is 0 Å². The molecule has 1 N–H and O–H groups in total. The Morgan fingerprint density at radius 1 is 1.26 bits per heavy atom. The zero-order chi connectivity index (χ0) is 13.9. The molecule has 1 aromatic carbocycles. The number of likely N-dealkylation sites (N-methyl/N-ethyl adjacent to an activating group) is 1. The van der Waals surface area contributed by atoms with Gasteiger partial charge in [0.1, 0.15) is 5.54 Å². The van der Waals surface area contributed by atoms with Crippen molar-refractivity contribution < 1.29 is 9.90 Å². The topological polar surface area (TPSA) is 40.5 Å². The summed E-state index contributed by atoms with van der Waals surface area (Å²) in [4.78, 5) is 14.2. The summed E-state index contributed by atoms with van der Waals surface area (Å²) in [5.41, 5.74) is 1.37. The number of carboxylic acids is 1. The first kappa shape index (κ1) is 14.1. The highest BCUT2D eigenvalue weighted by atomic mass is 16.4. The number of hydrogen-bond acceptors (Lipinski definition) is 2. The summed E-state index contributed by atoms with van der Waals surface area (Å²) in [7, 11) is 0. The van der Waals surface area contributed by atoms with Crippen molar-refractivity contribution in [1.82, 2.24) is 4.90 Å². The SMILES string of the molecule is CCN(CC)C1(C(=O)O)CCCCc2ccccc21. The van der Waals surface area contributed by atoms with E-state index in [0.29, 0.717) is 6.42 Å². The highest BCUT2D eigenvalue weighted by Gasteiger charge is 2.46. The summed E-state index contributed by atoms with van der Waals surface area (Å²) in [6.45, 7) is 5.61. The monoisotopic (exact) mass is 261 g/mol. The van der Waals surface area contributed by atoms with Crippen LogP contribution in [0, 0.1) is 0 Å². The number of carboxylic acid groups (broad SMARTS) is 1. The van der Waals surface area contributed by atoms with Gasteiger partial charge in [-0.05, 0) is 43.5 Å². The number of fused-ring (bicyclic) bond motifs is 1. The van der Waals surface area contributed by atoms with Gasteiger partial charge < -0.3 is 5.11 Å². The Bertz CT molecular complexity index is 454. The molecule has 0 amide bonds. The van der Waals surface area contributed by atoms with E-state index >= 15 is 0 Å². The number of hydrogen-bond donors (Lipinski definition) is 1. The van der Waals surface area contributed by atoms with Gasteiger partial charge in [-0.25, -0.2) is 4.79 Å². The second-order valence-electron chi connectivity index (χ2n) is 5.20. The molecule has 0 saturated carbocycles. The van der Waals surface area contributed by atoms with Gasteiger partial charge in [-0.1, -0.05) is 44.5 Å². The third-order valence-electron chi connectivity index (χ3n) is 4.35. The van der Waals surface area contributed by atoms with Gasteiger partial charge in [-0.3, -0.25) is 4.90 Å². The Balaban J connectivity index is 2.62. The number of aryl methyl sites for hydroxylation is 1. The number of carbonyl (C=O) groups is 1. The minimum absolute atomic E-state index is 0.703. The molecule has 0 aliphatic heterocycles. The zero-order valence-corrected chi connectivity index (χ0v) is 11.9. The van der Waals surface area contributed by atoms with E-state index in [1.807, 2.05) is 32.0 Å².